The third kappa shape index (κ3) is 3.27. The van der Waals surface area contributed by atoms with E-state index >= 15 is 0 Å². The van der Waals surface area contributed by atoms with Gasteiger partial charge in [0.1, 0.15) is 8.07 Å². The lowest BCUT2D eigenvalue weighted by Gasteiger charge is -2.04. The van der Waals surface area contributed by atoms with E-state index in [1.54, 1.807) is 0 Å². The first-order valence-corrected chi connectivity index (χ1v) is 8.28. The molecule has 2 heteroatoms. The summed E-state index contributed by atoms with van der Waals surface area (Å²) < 4.78 is 0. The highest BCUT2D eigenvalue weighted by molar-refractivity contribution is 6.83. The smallest absolute Gasteiger partial charge is 0.129 e. The summed E-state index contributed by atoms with van der Waals surface area (Å²) in [5.41, 5.74) is 12.1. The van der Waals surface area contributed by atoms with E-state index in [1.165, 1.54) is 0 Å². The van der Waals surface area contributed by atoms with Crippen LogP contribution >= 0.6 is 0 Å². The third-order valence-electron chi connectivity index (χ3n) is 1.85. The van der Waals surface area contributed by atoms with Gasteiger partial charge in [0.2, 0.25) is 0 Å². The third-order valence-corrected chi connectivity index (χ3v) is 2.73. The molecule has 0 heterocycles. The van der Waals surface area contributed by atoms with Gasteiger partial charge in [-0.1, -0.05) is 25.6 Å². The number of rotatable bonds is 0. The van der Waals surface area contributed by atoms with Crippen LogP contribution in [-0.2, 0) is 0 Å². The van der Waals surface area contributed by atoms with Crippen LogP contribution in [0.2, 0.25) is 19.6 Å². The van der Waals surface area contributed by atoms with Gasteiger partial charge in [-0.15, -0.1) is 5.54 Å². The molecule has 1 rings (SSSR count). The maximum atomic E-state index is 5.73. The lowest BCUT2D eigenvalue weighted by Crippen LogP contribution is -2.16. The molecule has 0 aliphatic carbocycles. The summed E-state index contributed by atoms with van der Waals surface area (Å²) in [6.07, 6.45) is 0. The molecule has 0 aliphatic heterocycles. The Morgan fingerprint density at radius 2 is 1.86 bits per heavy atom. The molecule has 0 saturated heterocycles. The van der Waals surface area contributed by atoms with E-state index in [0.29, 0.717) is 0 Å². The fourth-order valence-electron chi connectivity index (χ4n) is 1.01. The van der Waals surface area contributed by atoms with Gasteiger partial charge in [0.15, 0.2) is 0 Å². The van der Waals surface area contributed by atoms with Crippen LogP contribution in [0.25, 0.3) is 0 Å². The minimum absolute atomic E-state index is 0.837. The van der Waals surface area contributed by atoms with E-state index in [1.807, 2.05) is 25.1 Å². The SMILES string of the molecule is Cc1cc(C#C[Si](C)(C)C)ccc1N. The van der Waals surface area contributed by atoms with Crippen molar-refractivity contribution in [3.63, 3.8) is 0 Å². The molecule has 0 bridgehead atoms. The van der Waals surface area contributed by atoms with Gasteiger partial charge in [0.25, 0.3) is 0 Å². The summed E-state index contributed by atoms with van der Waals surface area (Å²) in [7, 11) is -1.26. The summed E-state index contributed by atoms with van der Waals surface area (Å²) in [4.78, 5) is 0. The van der Waals surface area contributed by atoms with Gasteiger partial charge in [0, 0.05) is 11.3 Å². The molecular formula is C12H17NSi. The van der Waals surface area contributed by atoms with E-state index in [9.17, 15) is 0 Å². The Hall–Kier alpha value is -1.20. The summed E-state index contributed by atoms with van der Waals surface area (Å²) in [6.45, 7) is 8.73. The molecule has 0 fully saturated rings. The highest BCUT2D eigenvalue weighted by atomic mass is 28.3. The molecular weight excluding hydrogens is 186 g/mol. The second-order valence-corrected chi connectivity index (χ2v) is 9.32. The lowest BCUT2D eigenvalue weighted by atomic mass is 10.1. The minimum Gasteiger partial charge on any atom is -0.399 e. The Kier molecular flexibility index (Phi) is 3.02. The summed E-state index contributed by atoms with van der Waals surface area (Å²) in [6, 6.07) is 5.95. The summed E-state index contributed by atoms with van der Waals surface area (Å²) >= 11 is 0. The number of aryl methyl sites for hydroxylation is 1. The highest BCUT2D eigenvalue weighted by Gasteiger charge is 2.07. The Bertz CT molecular complexity index is 391. The summed E-state index contributed by atoms with van der Waals surface area (Å²) in [5, 5.41) is 0. The first-order valence-electron chi connectivity index (χ1n) is 4.78. The monoisotopic (exact) mass is 203 g/mol. The number of hydrogen-bond donors (Lipinski definition) is 1. The molecule has 0 aromatic heterocycles. The van der Waals surface area contributed by atoms with E-state index in [-0.39, 0.29) is 0 Å². The van der Waals surface area contributed by atoms with Gasteiger partial charge in [-0.25, -0.2) is 0 Å². The molecule has 1 nitrogen and oxygen atoms in total. The van der Waals surface area contributed by atoms with Crippen molar-refractivity contribution >= 4 is 13.8 Å². The van der Waals surface area contributed by atoms with Gasteiger partial charge in [-0.2, -0.15) is 0 Å². The molecule has 2 N–H and O–H groups in total. The van der Waals surface area contributed by atoms with Crippen LogP contribution in [0.15, 0.2) is 18.2 Å². The highest BCUT2D eigenvalue weighted by Crippen LogP contribution is 2.11. The lowest BCUT2D eigenvalue weighted by molar-refractivity contribution is 1.45. The van der Waals surface area contributed by atoms with Crippen molar-refractivity contribution in [1.29, 1.82) is 0 Å². The van der Waals surface area contributed by atoms with Gasteiger partial charge < -0.3 is 5.73 Å². The molecule has 1 aromatic rings. The predicted molar refractivity (Wildman–Crippen MR) is 65.8 cm³/mol. The van der Waals surface area contributed by atoms with Crippen LogP contribution in [-0.4, -0.2) is 8.07 Å². The molecule has 74 valence electrons. The fourth-order valence-corrected chi connectivity index (χ4v) is 1.53. The van der Waals surface area contributed by atoms with Gasteiger partial charge >= 0.3 is 0 Å². The standard InChI is InChI=1S/C12H17NSi/c1-10-9-11(5-6-12(10)13)7-8-14(2,3)4/h5-6,9H,13H2,1-4H3. The van der Waals surface area contributed by atoms with E-state index in [4.69, 9.17) is 5.73 Å². The average Bonchev–Trinajstić information content (AvgIpc) is 2.06. The summed E-state index contributed by atoms with van der Waals surface area (Å²) in [5.74, 6) is 3.21. The first kappa shape index (κ1) is 10.9. The molecule has 14 heavy (non-hydrogen) atoms. The van der Waals surface area contributed by atoms with E-state index < -0.39 is 8.07 Å². The zero-order chi connectivity index (χ0) is 10.8. The largest absolute Gasteiger partial charge is 0.399 e. The van der Waals surface area contributed by atoms with Crippen molar-refractivity contribution in [2.75, 3.05) is 5.73 Å². The molecule has 0 atom stereocenters. The molecule has 1 aromatic carbocycles. The first-order chi connectivity index (χ1) is 6.38. The molecule has 0 saturated carbocycles. The van der Waals surface area contributed by atoms with Crippen LogP contribution in [0, 0.1) is 18.4 Å². The molecule has 0 radical (unpaired) electrons. The predicted octanol–water partition coefficient (Wildman–Crippen LogP) is 2.81. The van der Waals surface area contributed by atoms with Crippen molar-refractivity contribution in [3.05, 3.63) is 29.3 Å². The molecule has 0 spiro atoms. The minimum atomic E-state index is -1.26. The molecule has 0 aliphatic rings. The van der Waals surface area contributed by atoms with Gasteiger partial charge in [-0.3, -0.25) is 0 Å². The van der Waals surface area contributed by atoms with Gasteiger partial charge in [0.05, 0.1) is 0 Å². The van der Waals surface area contributed by atoms with Crippen molar-refractivity contribution in [3.8, 4) is 11.5 Å². The van der Waals surface area contributed by atoms with Crippen LogP contribution in [0.5, 0.6) is 0 Å². The van der Waals surface area contributed by atoms with E-state index in [2.05, 4.69) is 31.1 Å². The van der Waals surface area contributed by atoms with Crippen molar-refractivity contribution in [2.24, 2.45) is 0 Å². The average molecular weight is 203 g/mol. The van der Waals surface area contributed by atoms with Crippen molar-refractivity contribution < 1.29 is 0 Å². The Morgan fingerprint density at radius 1 is 1.21 bits per heavy atom. The maximum absolute atomic E-state index is 5.73. The normalized spacial score (nSPS) is 10.6. The number of hydrogen-bond acceptors (Lipinski definition) is 1. The zero-order valence-electron chi connectivity index (χ0n) is 9.31. The van der Waals surface area contributed by atoms with Crippen molar-refractivity contribution in [1.82, 2.24) is 0 Å². The van der Waals surface area contributed by atoms with Crippen LogP contribution in [0.1, 0.15) is 11.1 Å². The Labute approximate surface area is 87.3 Å². The topological polar surface area (TPSA) is 26.0 Å². The number of nitrogen functional groups attached to an aromatic ring is 1. The number of anilines is 1. The fraction of sp³-hybridized carbons (Fsp3) is 0.333. The molecule has 0 unspecified atom stereocenters. The second-order valence-electron chi connectivity index (χ2n) is 4.57. The maximum Gasteiger partial charge on any atom is 0.129 e. The van der Waals surface area contributed by atoms with Crippen LogP contribution in [0.4, 0.5) is 5.69 Å². The molecule has 0 amide bonds. The number of nitrogens with two attached hydrogens (primary N) is 1. The van der Waals surface area contributed by atoms with Crippen molar-refractivity contribution in [2.45, 2.75) is 26.6 Å². The zero-order valence-corrected chi connectivity index (χ0v) is 10.3. The Balaban J connectivity index is 2.98. The van der Waals surface area contributed by atoms with Crippen LogP contribution < -0.4 is 5.73 Å². The quantitative estimate of drug-likeness (QED) is 0.392. The number of benzene rings is 1. The van der Waals surface area contributed by atoms with Crippen LogP contribution in [0.3, 0.4) is 0 Å². The van der Waals surface area contributed by atoms with Gasteiger partial charge in [-0.05, 0) is 30.7 Å². The van der Waals surface area contributed by atoms with E-state index in [0.717, 1.165) is 16.8 Å². The Morgan fingerprint density at radius 3 is 2.36 bits per heavy atom. The second kappa shape index (κ2) is 3.89.